The van der Waals surface area contributed by atoms with Crippen LogP contribution in [0.1, 0.15) is 19.2 Å². The van der Waals surface area contributed by atoms with Crippen LogP contribution < -0.4 is 0 Å². The maximum Gasteiger partial charge on any atom is 0.310 e. The fourth-order valence-corrected chi connectivity index (χ4v) is 2.38. The first kappa shape index (κ1) is 12.9. The van der Waals surface area contributed by atoms with Gasteiger partial charge in [-0.15, -0.1) is 0 Å². The number of nitrogens with zero attached hydrogens (tertiary/aromatic N) is 3. The van der Waals surface area contributed by atoms with Crippen LogP contribution in [0.25, 0.3) is 11.7 Å². The molecule has 1 N–H and O–H groups in total. The number of carboxylic acids is 1. The van der Waals surface area contributed by atoms with E-state index >= 15 is 0 Å². The first-order valence-electron chi connectivity index (χ1n) is 6.39. The minimum Gasteiger partial charge on any atom is -0.481 e. The van der Waals surface area contributed by atoms with Gasteiger partial charge in [0, 0.05) is 6.54 Å². The molecule has 1 saturated heterocycles. The molecule has 1 aliphatic heterocycles. The minimum atomic E-state index is -0.760. The van der Waals surface area contributed by atoms with Gasteiger partial charge in [0.2, 0.25) is 0 Å². The van der Waals surface area contributed by atoms with Gasteiger partial charge in [-0.05, 0) is 32.0 Å². The number of hydrogen-bond donors (Lipinski definition) is 1. The molecule has 3 rings (SSSR count). The lowest BCUT2D eigenvalue weighted by Gasteiger charge is -2.18. The summed E-state index contributed by atoms with van der Waals surface area (Å²) in [5, 5.41) is 13.1. The summed E-state index contributed by atoms with van der Waals surface area (Å²) in [7, 11) is 0. The number of rotatable bonds is 4. The van der Waals surface area contributed by atoms with E-state index in [0.717, 1.165) is 0 Å². The highest BCUT2D eigenvalue weighted by Gasteiger charge is 2.40. The smallest absolute Gasteiger partial charge is 0.310 e. The fraction of sp³-hybridized carbons (Fsp3) is 0.462. The Morgan fingerprint density at radius 3 is 3.10 bits per heavy atom. The average molecular weight is 277 g/mol. The van der Waals surface area contributed by atoms with Crippen LogP contribution in [-0.2, 0) is 11.3 Å². The first-order chi connectivity index (χ1) is 9.57. The minimum absolute atomic E-state index is 0.338. The van der Waals surface area contributed by atoms with Gasteiger partial charge >= 0.3 is 5.97 Å². The van der Waals surface area contributed by atoms with Crippen LogP contribution in [0.2, 0.25) is 0 Å². The van der Waals surface area contributed by atoms with Crippen LogP contribution in [0.3, 0.4) is 0 Å². The number of aliphatic carboxylic acids is 1. The summed E-state index contributed by atoms with van der Waals surface area (Å²) in [5.41, 5.74) is -0.687. The predicted octanol–water partition coefficient (Wildman–Crippen LogP) is 1.63. The second-order valence-electron chi connectivity index (χ2n) is 5.32. The Hall–Kier alpha value is -2.15. The van der Waals surface area contributed by atoms with Gasteiger partial charge in [0.1, 0.15) is 0 Å². The molecule has 0 aromatic carbocycles. The molecule has 1 fully saturated rings. The van der Waals surface area contributed by atoms with Gasteiger partial charge in [0.25, 0.3) is 5.89 Å². The van der Waals surface area contributed by atoms with Crippen LogP contribution in [0.5, 0.6) is 0 Å². The van der Waals surface area contributed by atoms with Gasteiger partial charge in [-0.25, -0.2) is 0 Å². The van der Waals surface area contributed by atoms with Gasteiger partial charge in [-0.3, -0.25) is 9.69 Å². The molecule has 0 saturated carbocycles. The van der Waals surface area contributed by atoms with E-state index in [4.69, 9.17) is 8.94 Å². The zero-order valence-corrected chi connectivity index (χ0v) is 11.1. The highest BCUT2D eigenvalue weighted by molar-refractivity contribution is 5.74. The maximum atomic E-state index is 11.2. The summed E-state index contributed by atoms with van der Waals surface area (Å²) in [4.78, 5) is 17.5. The van der Waals surface area contributed by atoms with E-state index in [9.17, 15) is 9.90 Å². The summed E-state index contributed by atoms with van der Waals surface area (Å²) < 4.78 is 10.3. The van der Waals surface area contributed by atoms with Crippen LogP contribution in [0.15, 0.2) is 27.3 Å². The standard InChI is InChI=1S/C13H15N3O4/c1-13(12(17)18)4-5-16(8-13)7-10-14-11(20-15-10)9-3-2-6-19-9/h2-3,6H,4-5,7-8H2,1H3,(H,17,18). The molecule has 7 heteroatoms. The Labute approximate surface area is 115 Å². The molecule has 20 heavy (non-hydrogen) atoms. The highest BCUT2D eigenvalue weighted by atomic mass is 16.5. The molecule has 0 aliphatic carbocycles. The summed E-state index contributed by atoms with van der Waals surface area (Å²) in [6.07, 6.45) is 2.17. The monoisotopic (exact) mass is 277 g/mol. The molecular weight excluding hydrogens is 262 g/mol. The summed E-state index contributed by atoms with van der Waals surface area (Å²) in [6, 6.07) is 3.49. The number of hydrogen-bond acceptors (Lipinski definition) is 6. The van der Waals surface area contributed by atoms with Gasteiger partial charge in [0.05, 0.1) is 18.2 Å². The Morgan fingerprint density at radius 2 is 2.45 bits per heavy atom. The molecule has 0 bridgehead atoms. The lowest BCUT2D eigenvalue weighted by molar-refractivity contribution is -0.147. The van der Waals surface area contributed by atoms with Crippen molar-refractivity contribution in [3.63, 3.8) is 0 Å². The molecule has 0 amide bonds. The molecule has 0 radical (unpaired) electrons. The number of carbonyl (C=O) groups is 1. The van der Waals surface area contributed by atoms with E-state index in [2.05, 4.69) is 10.1 Å². The van der Waals surface area contributed by atoms with E-state index in [1.807, 2.05) is 4.90 Å². The number of likely N-dealkylation sites (tertiary alicyclic amines) is 1. The highest BCUT2D eigenvalue weighted by Crippen LogP contribution is 2.30. The van der Waals surface area contributed by atoms with Crippen molar-refractivity contribution in [3.8, 4) is 11.7 Å². The van der Waals surface area contributed by atoms with Crippen molar-refractivity contribution < 1.29 is 18.8 Å². The van der Waals surface area contributed by atoms with Crippen molar-refractivity contribution in [2.75, 3.05) is 13.1 Å². The SMILES string of the molecule is CC1(C(=O)O)CCN(Cc2noc(-c3ccco3)n2)C1. The van der Waals surface area contributed by atoms with Gasteiger partial charge in [-0.1, -0.05) is 5.16 Å². The van der Waals surface area contributed by atoms with Crippen LogP contribution in [-0.4, -0.2) is 39.2 Å². The third-order valence-corrected chi connectivity index (χ3v) is 3.63. The Kier molecular flexibility index (Phi) is 3.06. The number of aromatic nitrogens is 2. The number of furan rings is 1. The van der Waals surface area contributed by atoms with Crippen molar-refractivity contribution in [1.29, 1.82) is 0 Å². The zero-order valence-electron chi connectivity index (χ0n) is 11.1. The Morgan fingerprint density at radius 1 is 1.60 bits per heavy atom. The molecule has 3 heterocycles. The van der Waals surface area contributed by atoms with Crippen molar-refractivity contribution in [3.05, 3.63) is 24.2 Å². The van der Waals surface area contributed by atoms with Crippen LogP contribution in [0, 0.1) is 5.41 Å². The molecule has 1 unspecified atom stereocenters. The third kappa shape index (κ3) is 2.32. The second kappa shape index (κ2) is 4.75. The summed E-state index contributed by atoms with van der Waals surface area (Å²) >= 11 is 0. The lowest BCUT2D eigenvalue weighted by Crippen LogP contribution is -2.31. The normalized spacial score (nSPS) is 23.2. The quantitative estimate of drug-likeness (QED) is 0.907. The lowest BCUT2D eigenvalue weighted by atomic mass is 9.90. The van der Waals surface area contributed by atoms with E-state index in [1.54, 1.807) is 19.1 Å². The Balaban J connectivity index is 1.66. The second-order valence-corrected chi connectivity index (χ2v) is 5.32. The summed E-state index contributed by atoms with van der Waals surface area (Å²) in [6.45, 7) is 3.45. The topological polar surface area (TPSA) is 92.6 Å². The van der Waals surface area contributed by atoms with E-state index in [0.29, 0.717) is 43.5 Å². The van der Waals surface area contributed by atoms with E-state index < -0.39 is 11.4 Å². The third-order valence-electron chi connectivity index (χ3n) is 3.63. The molecule has 106 valence electrons. The van der Waals surface area contributed by atoms with Crippen LogP contribution in [0.4, 0.5) is 0 Å². The van der Waals surface area contributed by atoms with E-state index in [-0.39, 0.29) is 0 Å². The molecule has 1 aliphatic rings. The predicted molar refractivity (Wildman–Crippen MR) is 67.6 cm³/mol. The largest absolute Gasteiger partial charge is 0.481 e. The Bertz CT molecular complexity index is 607. The van der Waals surface area contributed by atoms with Gasteiger partial charge < -0.3 is 14.0 Å². The number of carboxylic acid groups (broad SMARTS) is 1. The molecule has 2 aromatic rings. The molecule has 1 atom stereocenters. The fourth-order valence-electron chi connectivity index (χ4n) is 2.38. The van der Waals surface area contributed by atoms with Crippen LogP contribution >= 0.6 is 0 Å². The van der Waals surface area contributed by atoms with Crippen molar-refractivity contribution in [1.82, 2.24) is 15.0 Å². The van der Waals surface area contributed by atoms with Crippen molar-refractivity contribution in [2.45, 2.75) is 19.9 Å². The van der Waals surface area contributed by atoms with Gasteiger partial charge in [0.15, 0.2) is 11.6 Å². The molecule has 0 spiro atoms. The maximum absolute atomic E-state index is 11.2. The first-order valence-corrected chi connectivity index (χ1v) is 6.39. The van der Waals surface area contributed by atoms with Crippen molar-refractivity contribution >= 4 is 5.97 Å². The molecular formula is C13H15N3O4. The van der Waals surface area contributed by atoms with Crippen molar-refractivity contribution in [2.24, 2.45) is 5.41 Å². The average Bonchev–Trinajstić information content (AvgIpc) is 3.10. The zero-order chi connectivity index (χ0) is 14.2. The van der Waals surface area contributed by atoms with E-state index in [1.165, 1.54) is 6.26 Å². The molecule has 7 nitrogen and oxygen atoms in total. The summed E-state index contributed by atoms with van der Waals surface area (Å²) in [5.74, 6) is 0.640. The van der Waals surface area contributed by atoms with Gasteiger partial charge in [-0.2, -0.15) is 4.98 Å². The molecule has 2 aromatic heterocycles.